The molecule has 4 heteroatoms. The van der Waals surface area contributed by atoms with E-state index in [-0.39, 0.29) is 12.1 Å². The van der Waals surface area contributed by atoms with E-state index >= 15 is 0 Å². The molecule has 1 N–H and O–H groups in total. The SMILES string of the molecule is COc1ccc2[nH]cc(C3=N[C@H](c4ccccc4)[C@@H](c4ccccc4)N=C3)c2c1. The molecule has 1 aromatic heterocycles. The van der Waals surface area contributed by atoms with Crippen LogP contribution in [0.25, 0.3) is 10.9 Å². The highest BCUT2D eigenvalue weighted by atomic mass is 16.5. The molecule has 0 saturated heterocycles. The summed E-state index contributed by atoms with van der Waals surface area (Å²) in [6, 6.07) is 26.7. The molecule has 1 aliphatic rings. The maximum absolute atomic E-state index is 5.41. The summed E-state index contributed by atoms with van der Waals surface area (Å²) in [7, 11) is 1.68. The molecule has 0 unspecified atom stereocenters. The van der Waals surface area contributed by atoms with Gasteiger partial charge in [-0.05, 0) is 29.3 Å². The molecule has 0 spiro atoms. The zero-order chi connectivity index (χ0) is 19.6. The summed E-state index contributed by atoms with van der Waals surface area (Å²) in [4.78, 5) is 13.4. The quantitative estimate of drug-likeness (QED) is 0.498. The van der Waals surface area contributed by atoms with Gasteiger partial charge in [-0.1, -0.05) is 60.7 Å². The zero-order valence-electron chi connectivity index (χ0n) is 16.1. The van der Waals surface area contributed by atoms with E-state index in [0.29, 0.717) is 0 Å². The van der Waals surface area contributed by atoms with Crippen molar-refractivity contribution in [3.05, 3.63) is 102 Å². The molecular formula is C25H21N3O. The molecule has 2 atom stereocenters. The molecule has 5 rings (SSSR count). The van der Waals surface area contributed by atoms with Gasteiger partial charge in [-0.15, -0.1) is 0 Å². The molecule has 3 aromatic carbocycles. The van der Waals surface area contributed by atoms with Crippen LogP contribution in [0.15, 0.2) is 95.0 Å². The first-order chi connectivity index (χ1) is 14.3. The van der Waals surface area contributed by atoms with Crippen molar-refractivity contribution < 1.29 is 4.74 Å². The number of aromatic nitrogens is 1. The topological polar surface area (TPSA) is 49.7 Å². The van der Waals surface area contributed by atoms with E-state index in [4.69, 9.17) is 14.7 Å². The summed E-state index contributed by atoms with van der Waals surface area (Å²) in [5.74, 6) is 0.827. The molecule has 29 heavy (non-hydrogen) atoms. The first kappa shape index (κ1) is 17.4. The number of methoxy groups -OCH3 is 1. The number of aromatic amines is 1. The van der Waals surface area contributed by atoms with Gasteiger partial charge in [0.25, 0.3) is 0 Å². The number of nitrogens with one attached hydrogen (secondary N) is 1. The lowest BCUT2D eigenvalue weighted by atomic mass is 9.92. The van der Waals surface area contributed by atoms with Gasteiger partial charge in [0, 0.05) is 28.9 Å². The second-order valence-electron chi connectivity index (χ2n) is 7.12. The van der Waals surface area contributed by atoms with Crippen molar-refractivity contribution in [1.29, 1.82) is 0 Å². The summed E-state index contributed by atoms with van der Waals surface area (Å²) >= 11 is 0. The number of H-pyrrole nitrogens is 1. The normalized spacial score (nSPS) is 18.6. The molecular weight excluding hydrogens is 358 g/mol. The molecule has 1 aliphatic heterocycles. The number of hydrogen-bond acceptors (Lipinski definition) is 3. The van der Waals surface area contributed by atoms with Gasteiger partial charge in [0.2, 0.25) is 0 Å². The van der Waals surface area contributed by atoms with Crippen LogP contribution in [0.3, 0.4) is 0 Å². The molecule has 4 nitrogen and oxygen atoms in total. The number of rotatable bonds is 4. The summed E-state index contributed by atoms with van der Waals surface area (Å²) in [6.07, 6.45) is 3.90. The van der Waals surface area contributed by atoms with E-state index in [9.17, 15) is 0 Å². The highest BCUT2D eigenvalue weighted by Crippen LogP contribution is 2.38. The number of nitrogens with zero attached hydrogens (tertiary/aromatic N) is 2. The van der Waals surface area contributed by atoms with Crippen molar-refractivity contribution in [2.24, 2.45) is 9.98 Å². The Morgan fingerprint density at radius 2 is 1.52 bits per heavy atom. The van der Waals surface area contributed by atoms with Crippen molar-refractivity contribution in [3.63, 3.8) is 0 Å². The molecule has 4 aromatic rings. The highest BCUT2D eigenvalue weighted by molar-refractivity contribution is 6.41. The second-order valence-corrected chi connectivity index (χ2v) is 7.12. The molecule has 0 saturated carbocycles. The average molecular weight is 379 g/mol. The van der Waals surface area contributed by atoms with Crippen LogP contribution in [0.1, 0.15) is 28.8 Å². The summed E-state index contributed by atoms with van der Waals surface area (Å²) < 4.78 is 5.41. The Labute approximate surface area is 169 Å². The van der Waals surface area contributed by atoms with E-state index in [1.807, 2.05) is 42.7 Å². The molecule has 0 fully saturated rings. The minimum Gasteiger partial charge on any atom is -0.497 e. The lowest BCUT2D eigenvalue weighted by Crippen LogP contribution is -2.18. The molecule has 0 aliphatic carbocycles. The lowest BCUT2D eigenvalue weighted by Gasteiger charge is -2.25. The van der Waals surface area contributed by atoms with Crippen molar-refractivity contribution in [2.45, 2.75) is 12.1 Å². The second kappa shape index (κ2) is 7.40. The predicted molar refractivity (Wildman–Crippen MR) is 118 cm³/mol. The van der Waals surface area contributed by atoms with Crippen molar-refractivity contribution >= 4 is 22.8 Å². The first-order valence-corrected chi connectivity index (χ1v) is 9.70. The smallest absolute Gasteiger partial charge is 0.119 e. The van der Waals surface area contributed by atoms with Gasteiger partial charge in [-0.2, -0.15) is 0 Å². The molecule has 0 bridgehead atoms. The third-order valence-corrected chi connectivity index (χ3v) is 5.38. The molecule has 142 valence electrons. The Morgan fingerprint density at radius 3 is 2.21 bits per heavy atom. The number of fused-ring (bicyclic) bond motifs is 1. The van der Waals surface area contributed by atoms with Gasteiger partial charge in [-0.25, -0.2) is 0 Å². The van der Waals surface area contributed by atoms with Gasteiger partial charge in [0.15, 0.2) is 0 Å². The monoisotopic (exact) mass is 379 g/mol. The Hall–Kier alpha value is -3.66. The minimum absolute atomic E-state index is 0.0397. The van der Waals surface area contributed by atoms with E-state index in [0.717, 1.165) is 33.5 Å². The Kier molecular flexibility index (Phi) is 4.45. The van der Waals surface area contributed by atoms with Crippen molar-refractivity contribution in [3.8, 4) is 5.75 Å². The zero-order valence-corrected chi connectivity index (χ0v) is 16.1. The Bertz CT molecular complexity index is 1190. The van der Waals surface area contributed by atoms with Crippen LogP contribution in [-0.4, -0.2) is 24.0 Å². The fourth-order valence-electron chi connectivity index (χ4n) is 3.89. The van der Waals surface area contributed by atoms with Crippen LogP contribution in [0.2, 0.25) is 0 Å². The van der Waals surface area contributed by atoms with E-state index in [1.165, 1.54) is 5.56 Å². The van der Waals surface area contributed by atoms with Crippen molar-refractivity contribution in [1.82, 2.24) is 4.98 Å². The average Bonchev–Trinajstić information content (AvgIpc) is 3.23. The number of hydrogen-bond donors (Lipinski definition) is 1. The van der Waals surface area contributed by atoms with E-state index < -0.39 is 0 Å². The summed E-state index contributed by atoms with van der Waals surface area (Å²) in [6.45, 7) is 0. The fourth-order valence-corrected chi connectivity index (χ4v) is 3.89. The maximum Gasteiger partial charge on any atom is 0.119 e. The maximum atomic E-state index is 5.41. The van der Waals surface area contributed by atoms with Crippen LogP contribution in [0.4, 0.5) is 0 Å². The van der Waals surface area contributed by atoms with Crippen molar-refractivity contribution in [2.75, 3.05) is 7.11 Å². The first-order valence-electron chi connectivity index (χ1n) is 9.70. The fraction of sp³-hybridized carbons (Fsp3) is 0.120. The minimum atomic E-state index is -0.0749. The highest BCUT2D eigenvalue weighted by Gasteiger charge is 2.27. The van der Waals surface area contributed by atoms with Gasteiger partial charge >= 0.3 is 0 Å². The lowest BCUT2D eigenvalue weighted by molar-refractivity contribution is 0.415. The van der Waals surface area contributed by atoms with Gasteiger partial charge in [0.1, 0.15) is 17.8 Å². The van der Waals surface area contributed by atoms with Crippen LogP contribution >= 0.6 is 0 Å². The molecule has 0 amide bonds. The van der Waals surface area contributed by atoms with Gasteiger partial charge in [-0.3, -0.25) is 9.98 Å². The third kappa shape index (κ3) is 3.23. The van der Waals surface area contributed by atoms with Gasteiger partial charge in [0.05, 0.1) is 12.8 Å². The number of ether oxygens (including phenoxy) is 1. The Morgan fingerprint density at radius 1 is 0.828 bits per heavy atom. The van der Waals surface area contributed by atoms with Gasteiger partial charge < -0.3 is 9.72 Å². The van der Waals surface area contributed by atoms with Crippen LogP contribution in [0.5, 0.6) is 5.75 Å². The number of aliphatic imine (C=N–C) groups is 2. The van der Waals surface area contributed by atoms with Crippen LogP contribution in [-0.2, 0) is 0 Å². The van der Waals surface area contributed by atoms with Crippen LogP contribution < -0.4 is 4.74 Å². The standard InChI is InChI=1S/C25H21N3O/c1-29-19-12-13-22-20(14-19)21(15-26-22)23-16-27-24(17-8-4-2-5-9-17)25(28-23)18-10-6-3-7-11-18/h2-16,24-26H,1H3/t24-,25-/m1/s1. The van der Waals surface area contributed by atoms with Crippen LogP contribution in [0, 0.1) is 0 Å². The summed E-state index contributed by atoms with van der Waals surface area (Å²) in [5.41, 5.74) is 5.30. The largest absolute Gasteiger partial charge is 0.497 e. The van der Waals surface area contributed by atoms with E-state index in [2.05, 4.69) is 53.5 Å². The number of benzene rings is 3. The summed E-state index contributed by atoms with van der Waals surface area (Å²) in [5, 5.41) is 1.08. The predicted octanol–water partition coefficient (Wildman–Crippen LogP) is 5.53. The molecule has 0 radical (unpaired) electrons. The third-order valence-electron chi connectivity index (χ3n) is 5.38. The Balaban J connectivity index is 1.62. The molecule has 2 heterocycles. The van der Waals surface area contributed by atoms with E-state index in [1.54, 1.807) is 7.11 Å².